The standard InChI is InChI=1S/C30H39NO3/c1-4-7-10-11-16-28(31-34-22-32)29(33)23-17-18-25-24-14-12-13-15-26(24)30(19-8-5-2,20-9-6-3)27(25)21-23/h12-15,17-18,21-22H,4-11,16,19-20H2,1-3H3/b31-28+. The first kappa shape index (κ1) is 25.9. The summed E-state index contributed by atoms with van der Waals surface area (Å²) in [6.07, 6.45) is 11.4. The van der Waals surface area contributed by atoms with Crippen molar-refractivity contribution < 1.29 is 14.4 Å². The summed E-state index contributed by atoms with van der Waals surface area (Å²) in [6, 6.07) is 14.9. The van der Waals surface area contributed by atoms with Crippen LogP contribution in [0.3, 0.4) is 0 Å². The van der Waals surface area contributed by atoms with E-state index >= 15 is 0 Å². The fraction of sp³-hybridized carbons (Fsp3) is 0.500. The summed E-state index contributed by atoms with van der Waals surface area (Å²) in [5.74, 6) is -0.142. The molecule has 0 amide bonds. The van der Waals surface area contributed by atoms with Crippen LogP contribution in [-0.2, 0) is 15.0 Å². The summed E-state index contributed by atoms with van der Waals surface area (Å²) < 4.78 is 0. The van der Waals surface area contributed by atoms with E-state index in [1.165, 1.54) is 22.3 Å². The van der Waals surface area contributed by atoms with Crippen LogP contribution >= 0.6 is 0 Å². The van der Waals surface area contributed by atoms with Crippen LogP contribution in [0.15, 0.2) is 47.6 Å². The lowest BCUT2D eigenvalue weighted by atomic mass is 9.70. The van der Waals surface area contributed by atoms with Gasteiger partial charge in [0, 0.05) is 11.0 Å². The molecular formula is C30H39NO3. The number of carbonyl (C=O) groups is 2. The Morgan fingerprint density at radius 3 is 2.21 bits per heavy atom. The van der Waals surface area contributed by atoms with E-state index in [2.05, 4.69) is 67.2 Å². The van der Waals surface area contributed by atoms with E-state index in [0.717, 1.165) is 64.2 Å². The van der Waals surface area contributed by atoms with Gasteiger partial charge in [-0.1, -0.05) is 107 Å². The Morgan fingerprint density at radius 1 is 0.853 bits per heavy atom. The summed E-state index contributed by atoms with van der Waals surface area (Å²) >= 11 is 0. The quantitative estimate of drug-likeness (QED) is 0.0674. The Bertz CT molecular complexity index is 1000. The fourth-order valence-corrected chi connectivity index (χ4v) is 5.39. The topological polar surface area (TPSA) is 55.7 Å². The minimum atomic E-state index is -0.142. The molecule has 0 saturated heterocycles. The highest BCUT2D eigenvalue weighted by molar-refractivity contribution is 6.46. The molecule has 1 aliphatic carbocycles. The zero-order valence-corrected chi connectivity index (χ0v) is 21.1. The van der Waals surface area contributed by atoms with E-state index in [1.807, 2.05) is 6.07 Å². The Hall–Kier alpha value is -2.75. The van der Waals surface area contributed by atoms with Crippen LogP contribution in [0.5, 0.6) is 0 Å². The lowest BCUT2D eigenvalue weighted by Crippen LogP contribution is -2.26. The summed E-state index contributed by atoms with van der Waals surface area (Å²) in [4.78, 5) is 28.9. The van der Waals surface area contributed by atoms with Gasteiger partial charge in [-0.05, 0) is 54.0 Å². The van der Waals surface area contributed by atoms with Crippen molar-refractivity contribution in [3.05, 3.63) is 59.2 Å². The number of benzene rings is 2. The van der Waals surface area contributed by atoms with Crippen LogP contribution in [0, 0.1) is 0 Å². The van der Waals surface area contributed by atoms with Crippen LogP contribution < -0.4 is 0 Å². The van der Waals surface area contributed by atoms with Gasteiger partial charge in [0.1, 0.15) is 5.71 Å². The van der Waals surface area contributed by atoms with Crippen LogP contribution in [0.4, 0.5) is 0 Å². The van der Waals surface area contributed by atoms with Crippen molar-refractivity contribution in [3.8, 4) is 11.1 Å². The SMILES string of the molecule is CCCCCC/C(=N\OC=O)C(=O)c1ccc2c(c1)C(CCCC)(CCCC)c1ccccc1-2. The van der Waals surface area contributed by atoms with Crippen molar-refractivity contribution in [2.75, 3.05) is 0 Å². The van der Waals surface area contributed by atoms with Crippen LogP contribution in [0.1, 0.15) is 113 Å². The second kappa shape index (κ2) is 12.6. The number of hydrogen-bond acceptors (Lipinski definition) is 4. The van der Waals surface area contributed by atoms with Gasteiger partial charge >= 0.3 is 6.47 Å². The van der Waals surface area contributed by atoms with E-state index in [-0.39, 0.29) is 17.7 Å². The highest BCUT2D eigenvalue weighted by Crippen LogP contribution is 2.54. The first-order chi connectivity index (χ1) is 16.6. The molecule has 0 heterocycles. The van der Waals surface area contributed by atoms with Crippen molar-refractivity contribution in [1.82, 2.24) is 0 Å². The molecule has 0 unspecified atom stereocenters. The molecular weight excluding hydrogens is 422 g/mol. The number of nitrogens with zero attached hydrogens (tertiary/aromatic N) is 1. The van der Waals surface area contributed by atoms with Crippen LogP contribution in [0.25, 0.3) is 11.1 Å². The van der Waals surface area contributed by atoms with E-state index in [0.29, 0.717) is 17.7 Å². The van der Waals surface area contributed by atoms with E-state index < -0.39 is 0 Å². The van der Waals surface area contributed by atoms with Gasteiger partial charge in [-0.15, -0.1) is 0 Å². The molecule has 0 spiro atoms. The van der Waals surface area contributed by atoms with Gasteiger partial charge in [-0.2, -0.15) is 0 Å². The van der Waals surface area contributed by atoms with E-state index in [9.17, 15) is 9.59 Å². The number of unbranched alkanes of at least 4 members (excludes halogenated alkanes) is 5. The Kier molecular flexibility index (Phi) is 9.62. The highest BCUT2D eigenvalue weighted by Gasteiger charge is 2.42. The molecule has 4 heteroatoms. The van der Waals surface area contributed by atoms with Crippen molar-refractivity contribution in [2.24, 2.45) is 5.16 Å². The summed E-state index contributed by atoms with van der Waals surface area (Å²) in [6.45, 7) is 6.91. The number of Topliss-reactive ketones (excluding diaryl/α,β-unsaturated/α-hetero) is 1. The molecule has 0 N–H and O–H groups in total. The van der Waals surface area contributed by atoms with Crippen LogP contribution in [-0.4, -0.2) is 18.0 Å². The molecule has 4 nitrogen and oxygen atoms in total. The normalized spacial score (nSPS) is 13.9. The second-order valence-electron chi connectivity index (χ2n) is 9.47. The smallest absolute Gasteiger partial charge is 0.321 e. The summed E-state index contributed by atoms with van der Waals surface area (Å²) in [5.41, 5.74) is 6.09. The second-order valence-corrected chi connectivity index (χ2v) is 9.47. The third kappa shape index (κ3) is 5.48. The highest BCUT2D eigenvalue weighted by atomic mass is 16.7. The number of fused-ring (bicyclic) bond motifs is 3. The predicted octanol–water partition coefficient (Wildman–Crippen LogP) is 8.02. The minimum Gasteiger partial charge on any atom is -0.321 e. The van der Waals surface area contributed by atoms with Gasteiger partial charge < -0.3 is 4.84 Å². The molecule has 0 fully saturated rings. The largest absolute Gasteiger partial charge is 0.323 e. The fourth-order valence-electron chi connectivity index (χ4n) is 5.39. The Morgan fingerprint density at radius 2 is 1.53 bits per heavy atom. The Labute approximate surface area is 204 Å². The molecule has 0 saturated carbocycles. The van der Waals surface area contributed by atoms with Gasteiger partial charge in [0.2, 0.25) is 5.78 Å². The maximum atomic E-state index is 13.5. The Balaban J connectivity index is 2.03. The van der Waals surface area contributed by atoms with Crippen LogP contribution in [0.2, 0.25) is 0 Å². The molecule has 1 aliphatic rings. The zero-order chi connectivity index (χ0) is 24.4. The molecule has 3 rings (SSSR count). The van der Waals surface area contributed by atoms with Gasteiger partial charge in [0.15, 0.2) is 0 Å². The molecule has 0 atom stereocenters. The van der Waals surface area contributed by atoms with Gasteiger partial charge in [0.05, 0.1) is 0 Å². The average molecular weight is 462 g/mol. The lowest BCUT2D eigenvalue weighted by molar-refractivity contribution is -0.128. The maximum Gasteiger partial charge on any atom is 0.323 e. The number of hydrogen-bond donors (Lipinski definition) is 0. The zero-order valence-electron chi connectivity index (χ0n) is 21.1. The summed E-state index contributed by atoms with van der Waals surface area (Å²) in [5, 5.41) is 3.88. The maximum absolute atomic E-state index is 13.5. The molecule has 182 valence electrons. The van der Waals surface area contributed by atoms with E-state index in [4.69, 9.17) is 0 Å². The van der Waals surface area contributed by atoms with Crippen molar-refractivity contribution >= 4 is 18.0 Å². The number of carbonyl (C=O) groups excluding carboxylic acids is 2. The van der Waals surface area contributed by atoms with E-state index in [1.54, 1.807) is 0 Å². The van der Waals surface area contributed by atoms with Gasteiger partial charge in [-0.3, -0.25) is 9.59 Å². The van der Waals surface area contributed by atoms with Crippen molar-refractivity contribution in [2.45, 2.75) is 96.8 Å². The number of oxime groups is 1. The van der Waals surface area contributed by atoms with Crippen molar-refractivity contribution in [3.63, 3.8) is 0 Å². The monoisotopic (exact) mass is 461 g/mol. The van der Waals surface area contributed by atoms with Crippen molar-refractivity contribution in [1.29, 1.82) is 0 Å². The molecule has 34 heavy (non-hydrogen) atoms. The predicted molar refractivity (Wildman–Crippen MR) is 139 cm³/mol. The van der Waals surface area contributed by atoms with Gasteiger partial charge in [-0.25, -0.2) is 0 Å². The minimum absolute atomic E-state index is 0.0635. The molecule has 2 aromatic rings. The van der Waals surface area contributed by atoms with Gasteiger partial charge in [0.25, 0.3) is 0 Å². The summed E-state index contributed by atoms with van der Waals surface area (Å²) in [7, 11) is 0. The molecule has 0 radical (unpaired) electrons. The molecule has 0 aliphatic heterocycles. The number of ketones is 1. The lowest BCUT2D eigenvalue weighted by Gasteiger charge is -2.32. The first-order valence-corrected chi connectivity index (χ1v) is 13.1. The first-order valence-electron chi connectivity index (χ1n) is 13.1. The molecule has 2 aromatic carbocycles. The molecule has 0 bridgehead atoms. The average Bonchev–Trinajstić information content (AvgIpc) is 3.15. The third-order valence-corrected chi connectivity index (χ3v) is 7.18. The molecule has 0 aromatic heterocycles. The third-order valence-electron chi connectivity index (χ3n) is 7.18. The number of rotatable bonds is 15.